The quantitative estimate of drug-likeness (QED) is 0.308. The van der Waals surface area contributed by atoms with Gasteiger partial charge in [-0.15, -0.1) is 0 Å². The van der Waals surface area contributed by atoms with Crippen molar-refractivity contribution in [2.24, 2.45) is 0 Å². The minimum absolute atomic E-state index is 0.0407. The Hall–Kier alpha value is -4.66. The molecule has 0 spiro atoms. The van der Waals surface area contributed by atoms with Gasteiger partial charge in [0.1, 0.15) is 0 Å². The first-order valence-corrected chi connectivity index (χ1v) is 10.6. The zero-order valence-electron chi connectivity index (χ0n) is 19.0. The molecule has 0 aliphatic heterocycles. The lowest BCUT2D eigenvalue weighted by Gasteiger charge is -2.20. The molecule has 35 heavy (non-hydrogen) atoms. The first-order chi connectivity index (χ1) is 16.8. The number of carbonyl (C=O) groups is 4. The third-order valence-corrected chi connectivity index (χ3v) is 5.63. The van der Waals surface area contributed by atoms with Crippen molar-refractivity contribution >= 4 is 29.1 Å². The van der Waals surface area contributed by atoms with Crippen molar-refractivity contribution in [2.75, 3.05) is 26.6 Å². The van der Waals surface area contributed by atoms with Crippen molar-refractivity contribution in [1.82, 2.24) is 5.32 Å². The standard InChI is InChI=1S/C26H22N2O7/c1-33-19-10-7-14(11-20(19)34-2)12-28-21(29)13-35-26(32)18-9-8-17-22(23(18)27)25(31)16-6-4-3-5-15(16)24(17)30/h3-11H,12-13,27H2,1-2H3,(H,28,29). The van der Waals surface area contributed by atoms with Crippen LogP contribution in [-0.2, 0) is 16.1 Å². The summed E-state index contributed by atoms with van der Waals surface area (Å²) in [5, 5.41) is 2.64. The van der Waals surface area contributed by atoms with Gasteiger partial charge < -0.3 is 25.3 Å². The Kier molecular flexibility index (Phi) is 6.50. The second-order valence-electron chi connectivity index (χ2n) is 7.70. The summed E-state index contributed by atoms with van der Waals surface area (Å²) in [5.74, 6) is -1.14. The number of fused-ring (bicyclic) bond motifs is 2. The van der Waals surface area contributed by atoms with Crippen LogP contribution in [0.4, 0.5) is 5.69 Å². The lowest BCUT2D eigenvalue weighted by atomic mass is 9.82. The van der Waals surface area contributed by atoms with Crippen LogP contribution in [0.1, 0.15) is 47.8 Å². The van der Waals surface area contributed by atoms with Crippen LogP contribution in [0, 0.1) is 0 Å². The maximum absolute atomic E-state index is 13.0. The van der Waals surface area contributed by atoms with Gasteiger partial charge in [-0.05, 0) is 29.8 Å². The van der Waals surface area contributed by atoms with E-state index in [4.69, 9.17) is 19.9 Å². The van der Waals surface area contributed by atoms with Gasteiger partial charge in [0.15, 0.2) is 29.7 Å². The number of nitrogen functional groups attached to an aromatic ring is 1. The van der Waals surface area contributed by atoms with Gasteiger partial charge in [-0.25, -0.2) is 4.79 Å². The normalized spacial score (nSPS) is 11.8. The fourth-order valence-corrected chi connectivity index (χ4v) is 3.84. The summed E-state index contributed by atoms with van der Waals surface area (Å²) in [6, 6.07) is 14.3. The number of hydrogen-bond donors (Lipinski definition) is 2. The Bertz CT molecular complexity index is 1360. The maximum Gasteiger partial charge on any atom is 0.340 e. The average molecular weight is 474 g/mol. The Morgan fingerprint density at radius 2 is 1.54 bits per heavy atom. The molecule has 4 rings (SSSR count). The largest absolute Gasteiger partial charge is 0.493 e. The Morgan fingerprint density at radius 1 is 0.857 bits per heavy atom. The fourth-order valence-electron chi connectivity index (χ4n) is 3.84. The molecule has 1 aliphatic carbocycles. The second-order valence-corrected chi connectivity index (χ2v) is 7.70. The van der Waals surface area contributed by atoms with E-state index in [-0.39, 0.29) is 45.8 Å². The highest BCUT2D eigenvalue weighted by Gasteiger charge is 2.33. The predicted octanol–water partition coefficient (Wildman–Crippen LogP) is 2.53. The minimum Gasteiger partial charge on any atom is -0.493 e. The molecule has 3 aromatic rings. The Morgan fingerprint density at radius 3 is 2.23 bits per heavy atom. The van der Waals surface area contributed by atoms with Crippen LogP contribution in [0.15, 0.2) is 54.6 Å². The SMILES string of the molecule is COc1ccc(CNC(=O)COC(=O)c2ccc3c(c2N)C(=O)c2ccccc2C3=O)cc1OC. The lowest BCUT2D eigenvalue weighted by Crippen LogP contribution is -2.29. The summed E-state index contributed by atoms with van der Waals surface area (Å²) < 4.78 is 15.5. The molecule has 3 N–H and O–H groups in total. The predicted molar refractivity (Wildman–Crippen MR) is 126 cm³/mol. The molecule has 0 radical (unpaired) electrons. The van der Waals surface area contributed by atoms with Gasteiger partial charge in [-0.1, -0.05) is 30.3 Å². The third-order valence-electron chi connectivity index (χ3n) is 5.63. The highest BCUT2D eigenvalue weighted by Crippen LogP contribution is 2.33. The van der Waals surface area contributed by atoms with Crippen molar-refractivity contribution in [3.8, 4) is 11.5 Å². The molecule has 178 valence electrons. The van der Waals surface area contributed by atoms with Crippen LogP contribution in [-0.4, -0.2) is 44.3 Å². The number of esters is 1. The van der Waals surface area contributed by atoms with Gasteiger partial charge in [-0.3, -0.25) is 14.4 Å². The number of carbonyl (C=O) groups excluding carboxylic acids is 4. The van der Waals surface area contributed by atoms with Crippen molar-refractivity contribution in [3.63, 3.8) is 0 Å². The molecule has 0 heterocycles. The fraction of sp³-hybridized carbons (Fsp3) is 0.154. The molecule has 3 aromatic carbocycles. The monoisotopic (exact) mass is 474 g/mol. The van der Waals surface area contributed by atoms with Gasteiger partial charge in [0, 0.05) is 23.2 Å². The van der Waals surface area contributed by atoms with E-state index in [1.165, 1.54) is 32.4 Å². The van der Waals surface area contributed by atoms with Gasteiger partial charge in [0.05, 0.1) is 31.0 Å². The molecule has 1 aliphatic rings. The molecule has 9 nitrogen and oxygen atoms in total. The highest BCUT2D eigenvalue weighted by atomic mass is 16.5. The maximum atomic E-state index is 13.0. The minimum atomic E-state index is -0.884. The highest BCUT2D eigenvalue weighted by molar-refractivity contribution is 6.30. The number of ether oxygens (including phenoxy) is 3. The van der Waals surface area contributed by atoms with Crippen LogP contribution < -0.4 is 20.5 Å². The number of nitrogens with one attached hydrogen (secondary N) is 1. The summed E-state index contributed by atoms with van der Waals surface area (Å²) in [7, 11) is 3.03. The summed E-state index contributed by atoms with van der Waals surface area (Å²) >= 11 is 0. The smallest absolute Gasteiger partial charge is 0.340 e. The van der Waals surface area contributed by atoms with E-state index in [0.29, 0.717) is 11.5 Å². The van der Waals surface area contributed by atoms with Gasteiger partial charge >= 0.3 is 5.97 Å². The number of methoxy groups -OCH3 is 2. The van der Waals surface area contributed by atoms with E-state index in [0.717, 1.165) is 5.56 Å². The van der Waals surface area contributed by atoms with Crippen LogP contribution in [0.2, 0.25) is 0 Å². The van der Waals surface area contributed by atoms with Crippen LogP contribution in [0.3, 0.4) is 0 Å². The number of amides is 1. The van der Waals surface area contributed by atoms with Crippen molar-refractivity contribution in [2.45, 2.75) is 6.54 Å². The molecule has 0 unspecified atom stereocenters. The zero-order chi connectivity index (χ0) is 25.1. The van der Waals surface area contributed by atoms with Crippen molar-refractivity contribution < 1.29 is 33.4 Å². The van der Waals surface area contributed by atoms with Crippen LogP contribution >= 0.6 is 0 Å². The number of ketones is 2. The van der Waals surface area contributed by atoms with Gasteiger partial charge in [-0.2, -0.15) is 0 Å². The van der Waals surface area contributed by atoms with E-state index >= 15 is 0 Å². The summed E-state index contributed by atoms with van der Waals surface area (Å²) in [5.41, 5.74) is 7.19. The zero-order valence-corrected chi connectivity index (χ0v) is 19.0. The molecular formula is C26H22N2O7. The van der Waals surface area contributed by atoms with E-state index in [1.807, 2.05) is 0 Å². The molecule has 0 saturated heterocycles. The molecule has 0 bridgehead atoms. The molecule has 0 saturated carbocycles. The van der Waals surface area contributed by atoms with Crippen LogP contribution in [0.5, 0.6) is 11.5 Å². The Labute approximate surface area is 200 Å². The van der Waals surface area contributed by atoms with E-state index in [9.17, 15) is 19.2 Å². The number of nitrogens with two attached hydrogens (primary N) is 1. The number of anilines is 1. The van der Waals surface area contributed by atoms with E-state index in [1.54, 1.807) is 36.4 Å². The number of benzene rings is 3. The molecule has 0 fully saturated rings. The summed E-state index contributed by atoms with van der Waals surface area (Å²) in [6.07, 6.45) is 0. The van der Waals surface area contributed by atoms with E-state index in [2.05, 4.69) is 5.32 Å². The topological polar surface area (TPSA) is 134 Å². The third kappa shape index (κ3) is 4.43. The van der Waals surface area contributed by atoms with Crippen molar-refractivity contribution in [1.29, 1.82) is 0 Å². The molecule has 0 atom stereocenters. The molecule has 0 aromatic heterocycles. The molecule has 1 amide bonds. The van der Waals surface area contributed by atoms with E-state index < -0.39 is 24.3 Å². The second kappa shape index (κ2) is 9.68. The van der Waals surface area contributed by atoms with Crippen LogP contribution in [0.25, 0.3) is 0 Å². The number of rotatable bonds is 7. The lowest BCUT2D eigenvalue weighted by molar-refractivity contribution is -0.124. The first-order valence-electron chi connectivity index (χ1n) is 10.6. The summed E-state index contributed by atoms with van der Waals surface area (Å²) in [6.45, 7) is -0.383. The number of hydrogen-bond acceptors (Lipinski definition) is 8. The van der Waals surface area contributed by atoms with Gasteiger partial charge in [0.2, 0.25) is 0 Å². The molecule has 9 heteroatoms. The van der Waals surface area contributed by atoms with Crippen molar-refractivity contribution in [3.05, 3.63) is 88.0 Å². The van der Waals surface area contributed by atoms with Gasteiger partial charge in [0.25, 0.3) is 5.91 Å². The molecular weight excluding hydrogens is 452 g/mol. The first kappa shape index (κ1) is 23.5. The Balaban J connectivity index is 1.42. The average Bonchev–Trinajstić information content (AvgIpc) is 2.88. The summed E-state index contributed by atoms with van der Waals surface area (Å²) in [4.78, 5) is 50.5.